The van der Waals surface area contributed by atoms with E-state index in [0.29, 0.717) is 36.7 Å². The van der Waals surface area contributed by atoms with Crippen LogP contribution in [0.15, 0.2) is 24.7 Å². The summed E-state index contributed by atoms with van der Waals surface area (Å²) in [5, 5.41) is 16.5. The summed E-state index contributed by atoms with van der Waals surface area (Å²) in [5.74, 6) is 0.0974. The highest BCUT2D eigenvalue weighted by molar-refractivity contribution is 7.93. The number of nitrogens with one attached hydrogen (secondary N) is 1. The lowest BCUT2D eigenvalue weighted by molar-refractivity contribution is 0.193. The minimum Gasteiger partial charge on any atom is -0.479 e. The van der Waals surface area contributed by atoms with Crippen LogP contribution in [-0.4, -0.2) is 70.8 Å². The molecule has 4 rings (SSSR count). The van der Waals surface area contributed by atoms with Gasteiger partial charge in [-0.05, 0) is 25.5 Å². The number of nitriles is 1. The summed E-state index contributed by atoms with van der Waals surface area (Å²) in [7, 11) is -1.11. The van der Waals surface area contributed by atoms with Gasteiger partial charge in [0.05, 0.1) is 31.6 Å². The van der Waals surface area contributed by atoms with E-state index >= 15 is 0 Å². The molecule has 0 unspecified atom stereocenters. The van der Waals surface area contributed by atoms with E-state index in [-0.39, 0.29) is 29.3 Å². The Balaban J connectivity index is 1.75. The van der Waals surface area contributed by atoms with Crippen molar-refractivity contribution in [3.05, 3.63) is 41.7 Å². The highest BCUT2D eigenvalue weighted by Gasteiger charge is 2.34. The van der Waals surface area contributed by atoms with Crippen LogP contribution in [0, 0.1) is 11.3 Å². The average Bonchev–Trinajstić information content (AvgIpc) is 3.57. The summed E-state index contributed by atoms with van der Waals surface area (Å²) >= 11 is 0. The number of hydrogen-bond donors (Lipinski definition) is 1. The summed E-state index contributed by atoms with van der Waals surface area (Å²) < 4.78 is 47.4. The van der Waals surface area contributed by atoms with Gasteiger partial charge in [-0.15, -0.1) is 10.2 Å². The van der Waals surface area contributed by atoms with E-state index in [9.17, 15) is 8.42 Å². The van der Waals surface area contributed by atoms with Crippen molar-refractivity contribution in [2.24, 2.45) is 0 Å². The van der Waals surface area contributed by atoms with Crippen LogP contribution < -0.4 is 14.2 Å². The molecule has 0 aliphatic carbocycles. The van der Waals surface area contributed by atoms with Crippen LogP contribution in [0.4, 0.5) is 5.95 Å². The Morgan fingerprint density at radius 2 is 1.89 bits per heavy atom. The van der Waals surface area contributed by atoms with Crippen molar-refractivity contribution in [1.29, 1.82) is 5.26 Å². The summed E-state index contributed by atoms with van der Waals surface area (Å²) in [6, 6.07) is 5.25. The highest BCUT2D eigenvalue weighted by Crippen LogP contribution is 2.36. The predicted molar refractivity (Wildman–Crippen MR) is 128 cm³/mol. The number of sulfonamides is 1. The van der Waals surface area contributed by atoms with Crippen molar-refractivity contribution in [3.8, 4) is 23.5 Å². The van der Waals surface area contributed by atoms with Gasteiger partial charge in [0.25, 0.3) is 0 Å². The van der Waals surface area contributed by atoms with Crippen molar-refractivity contribution in [2.75, 3.05) is 32.2 Å². The first-order chi connectivity index (χ1) is 17.3. The molecule has 0 spiro atoms. The van der Waals surface area contributed by atoms with Gasteiger partial charge in [-0.2, -0.15) is 15.2 Å². The van der Waals surface area contributed by atoms with Crippen molar-refractivity contribution in [1.82, 2.24) is 29.7 Å². The standard InChI is InChI=1S/C22H26N8O5S/c1-13(17-6-5-15(9-23)10-24-17)14(2)36(31,32)29-22-28-27-19(16-7-8-35-11-16)30(22)18-20(33-3)25-12-26-21(18)34-4/h5-6,10,12-14,16H,7-8,11H2,1-4H3,(H,28,29)/t13-,14-,16+/m0/s1. The van der Waals surface area contributed by atoms with Crippen LogP contribution in [0.25, 0.3) is 5.69 Å². The summed E-state index contributed by atoms with van der Waals surface area (Å²) in [6.07, 6.45) is 3.38. The van der Waals surface area contributed by atoms with Gasteiger partial charge in [0, 0.05) is 30.3 Å². The topological polar surface area (TPSA) is 167 Å². The molecule has 0 bridgehead atoms. The largest absolute Gasteiger partial charge is 0.479 e. The van der Waals surface area contributed by atoms with E-state index in [1.165, 1.54) is 31.3 Å². The lowest BCUT2D eigenvalue weighted by Gasteiger charge is -2.22. The molecule has 3 atom stereocenters. The Bertz CT molecular complexity index is 1340. The maximum absolute atomic E-state index is 13.5. The van der Waals surface area contributed by atoms with Crippen LogP contribution in [-0.2, 0) is 14.8 Å². The van der Waals surface area contributed by atoms with Crippen LogP contribution in [0.2, 0.25) is 0 Å². The van der Waals surface area contributed by atoms with E-state index in [1.54, 1.807) is 26.0 Å². The van der Waals surface area contributed by atoms with Crippen molar-refractivity contribution < 1.29 is 22.6 Å². The monoisotopic (exact) mass is 514 g/mol. The molecule has 1 saturated heterocycles. The Labute approximate surface area is 208 Å². The number of aromatic nitrogens is 6. The van der Waals surface area contributed by atoms with Gasteiger partial charge in [-0.3, -0.25) is 14.3 Å². The van der Waals surface area contributed by atoms with E-state index in [0.717, 1.165) is 0 Å². The molecule has 0 aromatic carbocycles. The Kier molecular flexibility index (Phi) is 7.32. The van der Waals surface area contributed by atoms with Crippen molar-refractivity contribution in [2.45, 2.75) is 37.4 Å². The van der Waals surface area contributed by atoms with Gasteiger partial charge in [0.15, 0.2) is 5.69 Å². The second kappa shape index (κ2) is 10.4. The fourth-order valence-electron chi connectivity index (χ4n) is 3.89. The summed E-state index contributed by atoms with van der Waals surface area (Å²) in [6.45, 7) is 4.28. The Hall–Kier alpha value is -3.83. The number of rotatable bonds is 9. The zero-order valence-electron chi connectivity index (χ0n) is 20.2. The molecule has 14 heteroatoms. The van der Waals surface area contributed by atoms with Gasteiger partial charge >= 0.3 is 0 Å². The first-order valence-electron chi connectivity index (χ1n) is 11.1. The normalized spacial score (nSPS) is 17.2. The number of anilines is 1. The van der Waals surface area contributed by atoms with E-state index in [4.69, 9.17) is 19.5 Å². The molecule has 0 radical (unpaired) electrons. The maximum atomic E-state index is 13.5. The van der Waals surface area contributed by atoms with E-state index in [2.05, 4.69) is 29.9 Å². The molecule has 3 aromatic heterocycles. The predicted octanol–water partition coefficient (Wildman–Crippen LogP) is 1.78. The Morgan fingerprint density at radius 3 is 2.44 bits per heavy atom. The molecule has 3 aromatic rings. The number of hydrogen-bond acceptors (Lipinski definition) is 11. The summed E-state index contributed by atoms with van der Waals surface area (Å²) in [5.41, 5.74) is 1.20. The number of ether oxygens (including phenoxy) is 3. The Morgan fingerprint density at radius 1 is 1.17 bits per heavy atom. The lowest BCUT2D eigenvalue weighted by atomic mass is 10.0. The number of methoxy groups -OCH3 is 2. The van der Waals surface area contributed by atoms with Crippen molar-refractivity contribution >= 4 is 16.0 Å². The van der Waals surface area contributed by atoms with Gasteiger partial charge in [-0.25, -0.2) is 8.42 Å². The van der Waals surface area contributed by atoms with Crippen molar-refractivity contribution in [3.63, 3.8) is 0 Å². The maximum Gasteiger partial charge on any atom is 0.245 e. The zero-order chi connectivity index (χ0) is 25.9. The molecule has 36 heavy (non-hydrogen) atoms. The average molecular weight is 515 g/mol. The van der Waals surface area contributed by atoms with Crippen LogP contribution in [0.5, 0.6) is 11.8 Å². The SMILES string of the molecule is COc1ncnc(OC)c1-n1c(NS(=O)(=O)[C@@H](C)[C@H](C)c2ccc(C#N)cn2)nnc1[C@@H]1CCOC1. The molecular weight excluding hydrogens is 488 g/mol. The molecule has 1 N–H and O–H groups in total. The fourth-order valence-corrected chi connectivity index (χ4v) is 5.14. The molecule has 1 aliphatic rings. The fraction of sp³-hybridized carbons (Fsp3) is 0.455. The second-order valence-electron chi connectivity index (χ2n) is 8.24. The molecule has 0 saturated carbocycles. The molecule has 13 nitrogen and oxygen atoms in total. The second-order valence-corrected chi connectivity index (χ2v) is 10.3. The molecule has 4 heterocycles. The summed E-state index contributed by atoms with van der Waals surface area (Å²) in [4.78, 5) is 12.6. The van der Waals surface area contributed by atoms with Gasteiger partial charge < -0.3 is 14.2 Å². The minimum atomic E-state index is -3.99. The third-order valence-corrected chi connectivity index (χ3v) is 8.01. The molecule has 190 valence electrons. The molecule has 1 aliphatic heterocycles. The van der Waals surface area contributed by atoms with Crippen LogP contribution in [0.1, 0.15) is 49.2 Å². The first-order valence-corrected chi connectivity index (χ1v) is 12.7. The molecule has 1 fully saturated rings. The number of nitrogens with zero attached hydrogens (tertiary/aromatic N) is 7. The van der Waals surface area contributed by atoms with Gasteiger partial charge in [0.1, 0.15) is 18.2 Å². The van der Waals surface area contributed by atoms with E-state index in [1.807, 2.05) is 6.07 Å². The number of pyridine rings is 1. The third-order valence-electron chi connectivity index (χ3n) is 6.16. The van der Waals surface area contributed by atoms with Gasteiger partial charge in [-0.1, -0.05) is 6.92 Å². The molecule has 0 amide bonds. The lowest BCUT2D eigenvalue weighted by Crippen LogP contribution is -2.31. The van der Waals surface area contributed by atoms with Crippen LogP contribution >= 0.6 is 0 Å². The first kappa shape index (κ1) is 25.3. The molecular formula is C22H26N8O5S. The van der Waals surface area contributed by atoms with Gasteiger partial charge in [0.2, 0.25) is 27.7 Å². The smallest absolute Gasteiger partial charge is 0.245 e. The minimum absolute atomic E-state index is 0.0601. The quantitative estimate of drug-likeness (QED) is 0.442. The third kappa shape index (κ3) is 4.79. The van der Waals surface area contributed by atoms with E-state index < -0.39 is 21.2 Å². The zero-order valence-corrected chi connectivity index (χ0v) is 21.1. The van der Waals surface area contributed by atoms with Crippen LogP contribution in [0.3, 0.4) is 0 Å². The highest BCUT2D eigenvalue weighted by atomic mass is 32.2.